The van der Waals surface area contributed by atoms with Gasteiger partial charge in [-0.25, -0.2) is 4.79 Å². The zero-order valence-corrected chi connectivity index (χ0v) is 9.19. The molecule has 0 N–H and O–H groups in total. The summed E-state index contributed by atoms with van der Waals surface area (Å²) in [7, 11) is 0. The molecule has 0 saturated heterocycles. The van der Waals surface area contributed by atoms with Crippen LogP contribution in [0.3, 0.4) is 0 Å². The molecule has 84 valence electrons. The molecule has 0 bridgehead atoms. The van der Waals surface area contributed by atoms with Gasteiger partial charge in [0.25, 0.3) is 5.69 Å². The fraction of sp³-hybridized carbons (Fsp3) is 0.364. The highest BCUT2D eigenvalue weighted by molar-refractivity contribution is 5.62. The fourth-order valence-corrected chi connectivity index (χ4v) is 1.58. The first-order valence-corrected chi connectivity index (χ1v) is 5.02. The summed E-state index contributed by atoms with van der Waals surface area (Å²) in [6, 6.07) is 2.91. The Hall–Kier alpha value is -2.00. The molecule has 0 saturated carbocycles. The Labute approximate surface area is 93.0 Å². The first-order chi connectivity index (χ1) is 7.63. The minimum Gasteiger partial charge on any atom is -0.258 e. The van der Waals surface area contributed by atoms with Crippen molar-refractivity contribution in [2.75, 3.05) is 0 Å². The molecule has 1 aromatic rings. The highest BCUT2D eigenvalue weighted by Gasteiger charge is 2.14. The molecule has 0 unspecified atom stereocenters. The molecule has 5 nitrogen and oxygen atoms in total. The standard InChI is InChI=1S/C11H12N2O3/c1-3-8-5-10(13(15)16)6-9(4-2)11(8)12-7-14/h5-6H,3-4H2,1-2H3. The number of hydrogen-bond donors (Lipinski definition) is 0. The maximum absolute atomic E-state index is 10.7. The molecule has 0 aliphatic rings. The summed E-state index contributed by atoms with van der Waals surface area (Å²) in [5.41, 5.74) is 1.97. The minimum atomic E-state index is -0.438. The second-order valence-corrected chi connectivity index (χ2v) is 3.28. The van der Waals surface area contributed by atoms with Crippen LogP contribution in [0, 0.1) is 10.1 Å². The van der Waals surface area contributed by atoms with Crippen LogP contribution in [-0.2, 0) is 17.6 Å². The van der Waals surface area contributed by atoms with E-state index in [0.717, 1.165) is 0 Å². The number of hydrogen-bond acceptors (Lipinski definition) is 4. The monoisotopic (exact) mass is 220 g/mol. The lowest BCUT2D eigenvalue weighted by molar-refractivity contribution is -0.385. The molecule has 5 heteroatoms. The van der Waals surface area contributed by atoms with Gasteiger partial charge in [-0.3, -0.25) is 10.1 Å². The molecule has 0 radical (unpaired) electrons. The molecule has 16 heavy (non-hydrogen) atoms. The first kappa shape index (κ1) is 12.1. The predicted octanol–water partition coefficient (Wildman–Crippen LogP) is 2.69. The number of non-ortho nitro benzene ring substituents is 1. The largest absolute Gasteiger partial charge is 0.270 e. The number of nitro benzene ring substituents is 1. The van der Waals surface area contributed by atoms with E-state index in [9.17, 15) is 14.9 Å². The van der Waals surface area contributed by atoms with Crippen LogP contribution >= 0.6 is 0 Å². The van der Waals surface area contributed by atoms with Gasteiger partial charge in [-0.05, 0) is 24.0 Å². The van der Waals surface area contributed by atoms with E-state index in [-0.39, 0.29) is 5.69 Å². The average Bonchev–Trinajstić information content (AvgIpc) is 2.29. The Kier molecular flexibility index (Phi) is 3.91. The van der Waals surface area contributed by atoms with Crippen molar-refractivity contribution in [2.24, 2.45) is 4.99 Å². The number of benzene rings is 1. The first-order valence-electron chi connectivity index (χ1n) is 5.02. The van der Waals surface area contributed by atoms with Gasteiger partial charge in [-0.2, -0.15) is 4.99 Å². The van der Waals surface area contributed by atoms with Gasteiger partial charge in [-0.1, -0.05) is 13.8 Å². The topological polar surface area (TPSA) is 72.6 Å². The highest BCUT2D eigenvalue weighted by atomic mass is 16.6. The maximum atomic E-state index is 10.7. The summed E-state index contributed by atoms with van der Waals surface area (Å²) < 4.78 is 0. The molecular formula is C11H12N2O3. The van der Waals surface area contributed by atoms with E-state index in [2.05, 4.69) is 4.99 Å². The SMILES string of the molecule is CCc1cc([N+](=O)[O-])cc(CC)c1N=C=O. The number of nitro groups is 1. The number of aryl methyl sites for hydroxylation is 2. The molecule has 0 amide bonds. The lowest BCUT2D eigenvalue weighted by Gasteiger charge is -2.07. The summed E-state index contributed by atoms with van der Waals surface area (Å²) in [5.74, 6) is 0. The van der Waals surface area contributed by atoms with Crippen molar-refractivity contribution in [3.8, 4) is 0 Å². The number of aliphatic imine (C=N–C) groups is 1. The van der Waals surface area contributed by atoms with E-state index < -0.39 is 4.92 Å². The summed E-state index contributed by atoms with van der Waals surface area (Å²) in [4.78, 5) is 24.2. The molecule has 1 aromatic carbocycles. The van der Waals surface area contributed by atoms with Crippen molar-refractivity contribution >= 4 is 17.5 Å². The normalized spacial score (nSPS) is 9.62. The second kappa shape index (κ2) is 5.19. The Balaban J connectivity index is 3.48. The van der Waals surface area contributed by atoms with Crippen LogP contribution in [0.15, 0.2) is 17.1 Å². The van der Waals surface area contributed by atoms with Crippen LogP contribution < -0.4 is 0 Å². The highest BCUT2D eigenvalue weighted by Crippen LogP contribution is 2.30. The van der Waals surface area contributed by atoms with Crippen LogP contribution in [-0.4, -0.2) is 11.0 Å². The van der Waals surface area contributed by atoms with E-state index >= 15 is 0 Å². The van der Waals surface area contributed by atoms with E-state index in [0.29, 0.717) is 29.7 Å². The van der Waals surface area contributed by atoms with Crippen LogP contribution in [0.25, 0.3) is 0 Å². The van der Waals surface area contributed by atoms with Crippen molar-refractivity contribution < 1.29 is 9.72 Å². The molecule has 0 aromatic heterocycles. The third-order valence-electron chi connectivity index (χ3n) is 2.38. The molecule has 0 spiro atoms. The zero-order chi connectivity index (χ0) is 12.1. The summed E-state index contributed by atoms with van der Waals surface area (Å²) in [5, 5.41) is 10.7. The molecule has 0 fully saturated rings. The molecule has 0 aliphatic heterocycles. The van der Waals surface area contributed by atoms with Gasteiger partial charge in [0.15, 0.2) is 0 Å². The van der Waals surface area contributed by atoms with Crippen molar-refractivity contribution in [3.05, 3.63) is 33.4 Å². The van der Waals surface area contributed by atoms with Gasteiger partial charge in [0.2, 0.25) is 6.08 Å². The van der Waals surface area contributed by atoms with Crippen molar-refractivity contribution in [2.45, 2.75) is 26.7 Å². The average molecular weight is 220 g/mol. The van der Waals surface area contributed by atoms with Gasteiger partial charge in [0.05, 0.1) is 10.6 Å². The van der Waals surface area contributed by atoms with E-state index in [1.54, 1.807) is 0 Å². The summed E-state index contributed by atoms with van der Waals surface area (Å²) in [6.45, 7) is 3.73. The Morgan fingerprint density at radius 2 is 1.81 bits per heavy atom. The third kappa shape index (κ3) is 2.32. The van der Waals surface area contributed by atoms with Crippen molar-refractivity contribution in [1.82, 2.24) is 0 Å². The Morgan fingerprint density at radius 1 is 1.31 bits per heavy atom. The number of isocyanates is 1. The smallest absolute Gasteiger partial charge is 0.258 e. The van der Waals surface area contributed by atoms with Gasteiger partial charge in [-0.15, -0.1) is 0 Å². The summed E-state index contributed by atoms with van der Waals surface area (Å²) >= 11 is 0. The molecule has 1 rings (SSSR count). The predicted molar refractivity (Wildman–Crippen MR) is 59.6 cm³/mol. The van der Waals surface area contributed by atoms with Crippen LogP contribution in [0.5, 0.6) is 0 Å². The third-order valence-corrected chi connectivity index (χ3v) is 2.38. The van der Waals surface area contributed by atoms with Crippen molar-refractivity contribution in [3.63, 3.8) is 0 Å². The van der Waals surface area contributed by atoms with E-state index in [1.165, 1.54) is 18.2 Å². The second-order valence-electron chi connectivity index (χ2n) is 3.28. The lowest BCUT2D eigenvalue weighted by atomic mass is 10.0. The molecule has 0 atom stereocenters. The lowest BCUT2D eigenvalue weighted by Crippen LogP contribution is -1.95. The van der Waals surface area contributed by atoms with Crippen LogP contribution in [0.4, 0.5) is 11.4 Å². The molecular weight excluding hydrogens is 208 g/mol. The molecule has 0 heterocycles. The van der Waals surface area contributed by atoms with Gasteiger partial charge in [0, 0.05) is 12.1 Å². The number of carbonyl (C=O) groups excluding carboxylic acids is 1. The van der Waals surface area contributed by atoms with E-state index in [1.807, 2.05) is 13.8 Å². The van der Waals surface area contributed by atoms with E-state index in [4.69, 9.17) is 0 Å². The van der Waals surface area contributed by atoms with Gasteiger partial charge < -0.3 is 0 Å². The Morgan fingerprint density at radius 3 is 2.12 bits per heavy atom. The van der Waals surface area contributed by atoms with Crippen molar-refractivity contribution in [1.29, 1.82) is 0 Å². The maximum Gasteiger partial charge on any atom is 0.270 e. The quantitative estimate of drug-likeness (QED) is 0.339. The molecule has 0 aliphatic carbocycles. The summed E-state index contributed by atoms with van der Waals surface area (Å²) in [6.07, 6.45) is 2.67. The van der Waals surface area contributed by atoms with Crippen LogP contribution in [0.1, 0.15) is 25.0 Å². The van der Waals surface area contributed by atoms with Crippen LogP contribution in [0.2, 0.25) is 0 Å². The number of rotatable bonds is 4. The zero-order valence-electron chi connectivity index (χ0n) is 9.19. The van der Waals surface area contributed by atoms with Gasteiger partial charge in [0.1, 0.15) is 0 Å². The Bertz CT molecular complexity index is 437. The van der Waals surface area contributed by atoms with Gasteiger partial charge >= 0.3 is 0 Å². The fourth-order valence-electron chi connectivity index (χ4n) is 1.58. The number of nitrogens with zero attached hydrogens (tertiary/aromatic N) is 2. The minimum absolute atomic E-state index is 0.0403.